The summed E-state index contributed by atoms with van der Waals surface area (Å²) >= 11 is 0. The second-order valence-corrected chi connectivity index (χ2v) is 8.03. The van der Waals surface area contributed by atoms with Gasteiger partial charge in [0, 0.05) is 18.3 Å². The van der Waals surface area contributed by atoms with E-state index in [1.165, 1.54) is 6.20 Å². The highest BCUT2D eigenvalue weighted by molar-refractivity contribution is 5.97. The molecule has 0 aliphatic heterocycles. The fourth-order valence-corrected chi connectivity index (χ4v) is 4.00. The molecular formula is C19H28F3N5O3. The second-order valence-electron chi connectivity index (χ2n) is 8.03. The first-order valence-electron chi connectivity index (χ1n) is 10.3. The monoisotopic (exact) mass is 431 g/mol. The van der Waals surface area contributed by atoms with E-state index >= 15 is 0 Å². The minimum atomic E-state index is -4.32. The van der Waals surface area contributed by atoms with Crippen molar-refractivity contribution in [1.82, 2.24) is 9.97 Å². The molecule has 0 saturated heterocycles. The lowest BCUT2D eigenvalue weighted by Gasteiger charge is -2.30. The number of nitrogens with one attached hydrogen (secondary N) is 2. The molecule has 2 aliphatic carbocycles. The Morgan fingerprint density at radius 2 is 1.90 bits per heavy atom. The van der Waals surface area contributed by atoms with E-state index in [1.54, 1.807) is 0 Å². The van der Waals surface area contributed by atoms with Crippen LogP contribution in [0.5, 0.6) is 0 Å². The van der Waals surface area contributed by atoms with Gasteiger partial charge in [0.25, 0.3) is 5.91 Å². The van der Waals surface area contributed by atoms with Crippen LogP contribution in [0.25, 0.3) is 0 Å². The van der Waals surface area contributed by atoms with E-state index in [-0.39, 0.29) is 23.8 Å². The molecule has 3 rings (SSSR count). The third kappa shape index (κ3) is 6.69. The summed E-state index contributed by atoms with van der Waals surface area (Å²) in [5, 5.41) is 16.2. The summed E-state index contributed by atoms with van der Waals surface area (Å²) in [5.41, 5.74) is 5.60. The van der Waals surface area contributed by atoms with Gasteiger partial charge in [-0.2, -0.15) is 18.2 Å². The number of hydrogen-bond donors (Lipinski definition) is 4. The van der Waals surface area contributed by atoms with Gasteiger partial charge in [0.05, 0.1) is 17.8 Å². The molecule has 8 nitrogen and oxygen atoms in total. The van der Waals surface area contributed by atoms with E-state index in [0.29, 0.717) is 43.9 Å². The van der Waals surface area contributed by atoms with E-state index in [4.69, 9.17) is 10.5 Å². The zero-order chi connectivity index (χ0) is 21.7. The number of anilines is 2. The fourth-order valence-electron chi connectivity index (χ4n) is 4.00. The minimum absolute atomic E-state index is 0.000447. The maximum atomic E-state index is 12.3. The van der Waals surface area contributed by atoms with E-state index in [9.17, 15) is 23.1 Å². The van der Waals surface area contributed by atoms with Crippen molar-refractivity contribution in [1.29, 1.82) is 0 Å². The Morgan fingerprint density at radius 1 is 1.17 bits per heavy atom. The summed E-state index contributed by atoms with van der Waals surface area (Å²) < 4.78 is 41.8. The van der Waals surface area contributed by atoms with Crippen molar-refractivity contribution >= 4 is 17.7 Å². The van der Waals surface area contributed by atoms with Gasteiger partial charge < -0.3 is 26.2 Å². The van der Waals surface area contributed by atoms with Gasteiger partial charge in [-0.1, -0.05) is 0 Å². The summed E-state index contributed by atoms with van der Waals surface area (Å²) in [5.74, 6) is -0.0115. The zero-order valence-corrected chi connectivity index (χ0v) is 16.6. The number of primary amides is 1. The molecule has 0 spiro atoms. The van der Waals surface area contributed by atoms with Gasteiger partial charge in [-0.15, -0.1) is 0 Å². The molecule has 1 aromatic heterocycles. The largest absolute Gasteiger partial charge is 0.411 e. The van der Waals surface area contributed by atoms with Crippen LogP contribution in [0.2, 0.25) is 0 Å². The topological polar surface area (TPSA) is 122 Å². The van der Waals surface area contributed by atoms with Gasteiger partial charge in [0.2, 0.25) is 5.95 Å². The normalized spacial score (nSPS) is 27.5. The average Bonchev–Trinajstić information content (AvgIpc) is 2.67. The Kier molecular flexibility index (Phi) is 7.35. The summed E-state index contributed by atoms with van der Waals surface area (Å²) in [6.07, 6.45) is 1.57. The molecule has 2 aliphatic rings. The van der Waals surface area contributed by atoms with Crippen molar-refractivity contribution in [3.05, 3.63) is 11.8 Å². The number of hydrogen-bond acceptors (Lipinski definition) is 7. The van der Waals surface area contributed by atoms with Gasteiger partial charge in [-0.3, -0.25) is 4.79 Å². The molecule has 168 valence electrons. The number of halogens is 3. The van der Waals surface area contributed by atoms with Crippen molar-refractivity contribution in [3.8, 4) is 0 Å². The number of carbonyl (C=O) groups is 1. The van der Waals surface area contributed by atoms with Gasteiger partial charge >= 0.3 is 6.18 Å². The van der Waals surface area contributed by atoms with Crippen LogP contribution in [0.4, 0.5) is 24.9 Å². The van der Waals surface area contributed by atoms with Crippen LogP contribution in [-0.4, -0.2) is 58.1 Å². The first-order valence-corrected chi connectivity index (χ1v) is 10.3. The zero-order valence-electron chi connectivity index (χ0n) is 16.6. The standard InChI is InChI=1S/C19H28F3N5O3/c20-19(21,22)10-30-14-6-4-11(5-7-14)26-18-24-9-15(16(23)29)17(27-18)25-12-2-1-3-13(28)8-12/h9,11-14,28H,1-8,10H2,(H2,23,29)(H2,24,25,26,27)/t11?,12-,13-,14?/m1/s1. The fraction of sp³-hybridized carbons (Fsp3) is 0.737. The quantitative estimate of drug-likeness (QED) is 0.523. The predicted molar refractivity (Wildman–Crippen MR) is 104 cm³/mol. The summed E-state index contributed by atoms with van der Waals surface area (Å²) in [6, 6.07) is -0.0182. The average molecular weight is 431 g/mol. The first kappa shape index (κ1) is 22.5. The van der Waals surface area contributed by atoms with Gasteiger partial charge in [-0.05, 0) is 51.4 Å². The van der Waals surface area contributed by atoms with E-state index in [2.05, 4.69) is 20.6 Å². The number of aliphatic hydroxyl groups is 1. The summed E-state index contributed by atoms with van der Waals surface area (Å²) in [4.78, 5) is 20.3. The molecule has 1 amide bonds. The lowest BCUT2D eigenvalue weighted by atomic mass is 9.93. The van der Waals surface area contributed by atoms with Crippen molar-refractivity contribution in [3.63, 3.8) is 0 Å². The Hall–Kier alpha value is -2.14. The number of rotatable bonds is 7. The highest BCUT2D eigenvalue weighted by Crippen LogP contribution is 2.27. The van der Waals surface area contributed by atoms with Gasteiger partial charge in [0.15, 0.2) is 0 Å². The lowest BCUT2D eigenvalue weighted by molar-refractivity contribution is -0.187. The highest BCUT2D eigenvalue weighted by atomic mass is 19.4. The molecule has 5 N–H and O–H groups in total. The van der Waals surface area contributed by atoms with Gasteiger partial charge in [0.1, 0.15) is 12.4 Å². The summed E-state index contributed by atoms with van der Waals surface area (Å²) in [7, 11) is 0. The summed E-state index contributed by atoms with van der Waals surface area (Å²) in [6.45, 7) is -1.22. The van der Waals surface area contributed by atoms with Gasteiger partial charge in [-0.25, -0.2) is 4.98 Å². The SMILES string of the molecule is NC(=O)c1cnc(NC2CCC(OCC(F)(F)F)CC2)nc1N[C@@H]1CCC[C@@H](O)C1. The number of aromatic nitrogens is 2. The number of nitrogens with zero attached hydrogens (tertiary/aromatic N) is 2. The molecule has 2 atom stereocenters. The second kappa shape index (κ2) is 9.78. The smallest absolute Gasteiger partial charge is 0.393 e. The Bertz CT molecular complexity index is 726. The van der Waals surface area contributed by atoms with Crippen molar-refractivity contribution in [2.24, 2.45) is 5.73 Å². The first-order chi connectivity index (χ1) is 14.2. The number of alkyl halides is 3. The number of aliphatic hydroxyl groups excluding tert-OH is 1. The molecule has 0 radical (unpaired) electrons. The number of nitrogens with two attached hydrogens (primary N) is 1. The van der Waals surface area contributed by atoms with Crippen LogP contribution in [0.3, 0.4) is 0 Å². The molecule has 1 aromatic rings. The van der Waals surface area contributed by atoms with Crippen LogP contribution in [0.1, 0.15) is 61.7 Å². The molecule has 2 saturated carbocycles. The van der Waals surface area contributed by atoms with Crippen molar-refractivity contribution in [2.45, 2.75) is 81.8 Å². The third-order valence-electron chi connectivity index (χ3n) is 5.53. The molecule has 11 heteroatoms. The van der Waals surface area contributed by atoms with E-state index < -0.39 is 24.8 Å². The molecular weight excluding hydrogens is 403 g/mol. The molecule has 0 aromatic carbocycles. The van der Waals surface area contributed by atoms with Crippen LogP contribution in [0.15, 0.2) is 6.20 Å². The van der Waals surface area contributed by atoms with Crippen LogP contribution < -0.4 is 16.4 Å². The third-order valence-corrected chi connectivity index (χ3v) is 5.53. The lowest BCUT2D eigenvalue weighted by Crippen LogP contribution is -2.33. The highest BCUT2D eigenvalue weighted by Gasteiger charge is 2.31. The van der Waals surface area contributed by atoms with Crippen LogP contribution in [-0.2, 0) is 4.74 Å². The maximum Gasteiger partial charge on any atom is 0.411 e. The Labute approximate surface area is 172 Å². The van der Waals surface area contributed by atoms with Crippen molar-refractivity contribution in [2.75, 3.05) is 17.2 Å². The predicted octanol–water partition coefficient (Wildman–Crippen LogP) is 2.59. The number of carbonyl (C=O) groups excluding carboxylic acids is 1. The molecule has 0 unspecified atom stereocenters. The van der Waals surface area contributed by atoms with E-state index in [1.807, 2.05) is 0 Å². The molecule has 30 heavy (non-hydrogen) atoms. The molecule has 2 fully saturated rings. The van der Waals surface area contributed by atoms with E-state index in [0.717, 1.165) is 19.3 Å². The molecule has 0 bridgehead atoms. The Morgan fingerprint density at radius 3 is 2.53 bits per heavy atom. The van der Waals surface area contributed by atoms with Crippen LogP contribution in [0, 0.1) is 0 Å². The van der Waals surface area contributed by atoms with Crippen molar-refractivity contribution < 1.29 is 27.8 Å². The minimum Gasteiger partial charge on any atom is -0.393 e. The van der Waals surface area contributed by atoms with Crippen LogP contribution >= 0.6 is 0 Å². The Balaban J connectivity index is 1.58. The maximum absolute atomic E-state index is 12.3. The molecule has 1 heterocycles. The number of ether oxygens (including phenoxy) is 1. The number of amides is 1.